The molecular weight excluding hydrogens is 261 g/mol. The Kier molecular flexibility index (Phi) is 5.03. The summed E-state index contributed by atoms with van der Waals surface area (Å²) in [5.41, 5.74) is 0.441. The number of nitro benzene ring substituents is 1. The van der Waals surface area contributed by atoms with Crippen LogP contribution in [0.1, 0.15) is 25.3 Å². The number of rotatable bonds is 5. The predicted octanol–water partition coefficient (Wildman–Crippen LogP) is 2.31. The number of benzene rings is 1. The summed E-state index contributed by atoms with van der Waals surface area (Å²) in [4.78, 5) is 12.8. The molecule has 0 aliphatic carbocycles. The molecule has 0 bridgehead atoms. The van der Waals surface area contributed by atoms with E-state index in [0.29, 0.717) is 18.2 Å². The molecule has 1 N–H and O–H groups in total. The molecule has 1 aromatic rings. The lowest BCUT2D eigenvalue weighted by molar-refractivity contribution is -0.385. The van der Waals surface area contributed by atoms with E-state index in [1.807, 2.05) is 6.92 Å². The van der Waals surface area contributed by atoms with E-state index in [1.54, 1.807) is 0 Å². The van der Waals surface area contributed by atoms with Gasteiger partial charge in [-0.05, 0) is 38.1 Å². The van der Waals surface area contributed by atoms with Gasteiger partial charge in [0.1, 0.15) is 5.82 Å². The summed E-state index contributed by atoms with van der Waals surface area (Å²) in [6, 6.07) is 4.02. The highest BCUT2D eigenvalue weighted by molar-refractivity contribution is 5.40. The van der Waals surface area contributed by atoms with Crippen LogP contribution in [0.5, 0.6) is 0 Å². The van der Waals surface area contributed by atoms with Crippen LogP contribution in [-0.4, -0.2) is 35.5 Å². The largest absolute Gasteiger partial charge is 0.315 e. The molecule has 1 aliphatic heterocycles. The quantitative estimate of drug-likeness (QED) is 0.664. The number of nitrogens with one attached hydrogen (secondary N) is 1. The van der Waals surface area contributed by atoms with Gasteiger partial charge in [0.25, 0.3) is 5.69 Å². The van der Waals surface area contributed by atoms with Crippen LogP contribution < -0.4 is 5.32 Å². The van der Waals surface area contributed by atoms with Gasteiger partial charge in [-0.1, -0.05) is 6.92 Å². The predicted molar refractivity (Wildman–Crippen MR) is 75.0 cm³/mol. The second-order valence-electron chi connectivity index (χ2n) is 5.09. The van der Waals surface area contributed by atoms with E-state index in [1.165, 1.54) is 12.1 Å². The highest BCUT2D eigenvalue weighted by Crippen LogP contribution is 2.23. The topological polar surface area (TPSA) is 58.4 Å². The van der Waals surface area contributed by atoms with Crippen LogP contribution in [0.15, 0.2) is 18.2 Å². The average molecular weight is 281 g/mol. The van der Waals surface area contributed by atoms with E-state index in [9.17, 15) is 14.5 Å². The van der Waals surface area contributed by atoms with E-state index in [2.05, 4.69) is 10.2 Å². The van der Waals surface area contributed by atoms with Crippen LogP contribution in [0.3, 0.4) is 0 Å². The van der Waals surface area contributed by atoms with Crippen molar-refractivity contribution in [2.75, 3.05) is 19.6 Å². The Labute approximate surface area is 117 Å². The number of nitrogens with zero attached hydrogens (tertiary/aromatic N) is 2. The molecule has 5 nitrogen and oxygen atoms in total. The molecule has 1 aliphatic rings. The van der Waals surface area contributed by atoms with Gasteiger partial charge in [-0.25, -0.2) is 4.39 Å². The lowest BCUT2D eigenvalue weighted by atomic mass is 10.0. The summed E-state index contributed by atoms with van der Waals surface area (Å²) in [5.74, 6) is -0.427. The number of piperidine rings is 1. The van der Waals surface area contributed by atoms with Gasteiger partial charge in [-0.15, -0.1) is 0 Å². The summed E-state index contributed by atoms with van der Waals surface area (Å²) >= 11 is 0. The van der Waals surface area contributed by atoms with E-state index in [4.69, 9.17) is 0 Å². The van der Waals surface area contributed by atoms with Crippen LogP contribution >= 0.6 is 0 Å². The standard InChI is InChI=1S/C14H20FN3O2/c1-2-17(13-4-3-7-16-9-13)10-11-8-12(15)5-6-14(11)18(19)20/h5-6,8,13,16H,2-4,7,9-10H2,1H3. The van der Waals surface area contributed by atoms with Gasteiger partial charge in [-0.3, -0.25) is 15.0 Å². The monoisotopic (exact) mass is 281 g/mol. The Morgan fingerprint density at radius 3 is 2.95 bits per heavy atom. The summed E-state index contributed by atoms with van der Waals surface area (Å²) in [7, 11) is 0. The average Bonchev–Trinajstić information content (AvgIpc) is 2.45. The number of hydrogen-bond donors (Lipinski definition) is 1. The Morgan fingerprint density at radius 1 is 1.55 bits per heavy atom. The lowest BCUT2D eigenvalue weighted by Crippen LogP contribution is -2.45. The zero-order valence-corrected chi connectivity index (χ0v) is 11.6. The molecule has 0 aromatic heterocycles. The third kappa shape index (κ3) is 3.52. The van der Waals surface area contributed by atoms with Crippen LogP contribution in [0.4, 0.5) is 10.1 Å². The van der Waals surface area contributed by atoms with Crippen molar-refractivity contribution in [3.05, 3.63) is 39.7 Å². The first-order valence-electron chi connectivity index (χ1n) is 6.99. The highest BCUT2D eigenvalue weighted by Gasteiger charge is 2.23. The van der Waals surface area contributed by atoms with Gasteiger partial charge in [0.15, 0.2) is 0 Å². The zero-order chi connectivity index (χ0) is 14.5. The molecule has 1 atom stereocenters. The number of hydrogen-bond acceptors (Lipinski definition) is 4. The molecule has 1 heterocycles. The molecule has 1 saturated heterocycles. The van der Waals surface area contributed by atoms with Crippen molar-refractivity contribution in [3.63, 3.8) is 0 Å². The molecule has 0 amide bonds. The zero-order valence-electron chi connectivity index (χ0n) is 11.6. The van der Waals surface area contributed by atoms with Crippen molar-refractivity contribution >= 4 is 5.69 Å². The first-order valence-corrected chi connectivity index (χ1v) is 6.99. The van der Waals surface area contributed by atoms with Gasteiger partial charge in [0.05, 0.1) is 4.92 Å². The molecule has 1 unspecified atom stereocenters. The Morgan fingerprint density at radius 2 is 2.35 bits per heavy atom. The first kappa shape index (κ1) is 14.9. The fourth-order valence-electron chi connectivity index (χ4n) is 2.72. The number of likely N-dealkylation sites (N-methyl/N-ethyl adjacent to an activating group) is 1. The fourth-order valence-corrected chi connectivity index (χ4v) is 2.72. The normalized spacial score (nSPS) is 19.2. The van der Waals surface area contributed by atoms with Crippen molar-refractivity contribution in [3.8, 4) is 0 Å². The number of halogens is 1. The fraction of sp³-hybridized carbons (Fsp3) is 0.571. The molecule has 0 radical (unpaired) electrons. The molecule has 0 spiro atoms. The third-order valence-electron chi connectivity index (χ3n) is 3.81. The van der Waals surface area contributed by atoms with Crippen LogP contribution in [0.2, 0.25) is 0 Å². The second kappa shape index (κ2) is 6.76. The van der Waals surface area contributed by atoms with Crippen LogP contribution in [-0.2, 0) is 6.54 Å². The molecule has 1 aromatic carbocycles. The van der Waals surface area contributed by atoms with Gasteiger partial charge in [-0.2, -0.15) is 0 Å². The van der Waals surface area contributed by atoms with Gasteiger partial charge in [0, 0.05) is 30.8 Å². The van der Waals surface area contributed by atoms with Gasteiger partial charge in [0.2, 0.25) is 0 Å². The Balaban J connectivity index is 2.17. The molecule has 2 rings (SSSR count). The molecular formula is C14H20FN3O2. The maximum absolute atomic E-state index is 13.4. The molecule has 1 fully saturated rings. The molecule has 20 heavy (non-hydrogen) atoms. The summed E-state index contributed by atoms with van der Waals surface area (Å²) in [6.45, 7) is 5.14. The van der Waals surface area contributed by atoms with Gasteiger partial charge >= 0.3 is 0 Å². The van der Waals surface area contributed by atoms with Crippen LogP contribution in [0, 0.1) is 15.9 Å². The van der Waals surface area contributed by atoms with Crippen molar-refractivity contribution in [2.24, 2.45) is 0 Å². The molecule has 0 saturated carbocycles. The third-order valence-corrected chi connectivity index (χ3v) is 3.81. The SMILES string of the molecule is CCN(Cc1cc(F)ccc1[N+](=O)[O-])C1CCCNC1. The van der Waals surface area contributed by atoms with E-state index < -0.39 is 10.7 Å². The van der Waals surface area contributed by atoms with E-state index >= 15 is 0 Å². The maximum Gasteiger partial charge on any atom is 0.274 e. The summed E-state index contributed by atoms with van der Waals surface area (Å²) < 4.78 is 13.4. The molecule has 110 valence electrons. The minimum atomic E-state index is -0.443. The van der Waals surface area contributed by atoms with Crippen molar-refractivity contribution in [1.29, 1.82) is 0 Å². The first-order chi connectivity index (χ1) is 9.61. The molecule has 6 heteroatoms. The minimum absolute atomic E-state index is 0.00591. The van der Waals surface area contributed by atoms with E-state index in [-0.39, 0.29) is 5.69 Å². The minimum Gasteiger partial charge on any atom is -0.315 e. The van der Waals surface area contributed by atoms with Crippen molar-refractivity contribution in [1.82, 2.24) is 10.2 Å². The second-order valence-corrected chi connectivity index (χ2v) is 5.09. The van der Waals surface area contributed by atoms with Crippen molar-refractivity contribution in [2.45, 2.75) is 32.4 Å². The maximum atomic E-state index is 13.4. The Bertz CT molecular complexity index is 475. The van der Waals surface area contributed by atoms with E-state index in [0.717, 1.165) is 38.5 Å². The summed E-state index contributed by atoms with van der Waals surface area (Å²) in [5, 5.41) is 14.4. The van der Waals surface area contributed by atoms with Gasteiger partial charge < -0.3 is 5.32 Å². The van der Waals surface area contributed by atoms with Crippen molar-refractivity contribution < 1.29 is 9.31 Å². The van der Waals surface area contributed by atoms with Crippen LogP contribution in [0.25, 0.3) is 0 Å². The lowest BCUT2D eigenvalue weighted by Gasteiger charge is -2.33. The smallest absolute Gasteiger partial charge is 0.274 e. The summed E-state index contributed by atoms with van der Waals surface area (Å²) in [6.07, 6.45) is 2.18. The Hall–Kier alpha value is -1.53. The number of nitro groups is 1. The highest BCUT2D eigenvalue weighted by atomic mass is 19.1.